The molecule has 0 saturated heterocycles. The zero-order valence-electron chi connectivity index (χ0n) is 13.3. The van der Waals surface area contributed by atoms with E-state index in [1.807, 2.05) is 24.3 Å². The molecule has 128 valence electrons. The maximum atomic E-state index is 12.6. The Kier molecular flexibility index (Phi) is 4.51. The summed E-state index contributed by atoms with van der Waals surface area (Å²) in [4.78, 5) is 26.7. The third-order valence-electron chi connectivity index (χ3n) is 3.74. The molecule has 0 fully saturated rings. The lowest BCUT2D eigenvalue weighted by atomic mass is 10.1. The molecule has 0 saturated carbocycles. The smallest absolute Gasteiger partial charge is 0.267 e. The third kappa shape index (κ3) is 3.25. The Morgan fingerprint density at radius 2 is 2.08 bits per heavy atom. The molecule has 8 heteroatoms. The third-order valence-corrected chi connectivity index (χ3v) is 5.45. The number of hydrogen-bond donors (Lipinski definition) is 2. The van der Waals surface area contributed by atoms with Gasteiger partial charge in [0.1, 0.15) is 13.4 Å². The number of nitrogens with two attached hydrogens (primary N) is 1. The first-order valence-electron chi connectivity index (χ1n) is 7.64. The van der Waals surface area contributed by atoms with Crippen LogP contribution in [0.4, 0.5) is 11.4 Å². The number of hydrogen-bond acceptors (Lipinski definition) is 6. The van der Waals surface area contributed by atoms with Crippen LogP contribution in [0.25, 0.3) is 21.5 Å². The highest BCUT2D eigenvalue weighted by Crippen LogP contribution is 2.34. The van der Waals surface area contributed by atoms with Gasteiger partial charge in [0.25, 0.3) is 5.91 Å². The summed E-state index contributed by atoms with van der Waals surface area (Å²) in [5.41, 5.74) is 9.02. The Balaban J connectivity index is 1.69. The van der Waals surface area contributed by atoms with E-state index in [4.69, 9.17) is 5.73 Å². The molecular weight excluding hydrogens is 461 g/mol. The summed E-state index contributed by atoms with van der Waals surface area (Å²) in [6.45, 7) is 0. The van der Waals surface area contributed by atoms with Crippen LogP contribution in [0.3, 0.4) is 0 Å². The van der Waals surface area contributed by atoms with E-state index in [1.165, 1.54) is 11.3 Å². The number of nitrogens with one attached hydrogen (secondary N) is 1. The first kappa shape index (κ1) is 16.9. The fourth-order valence-corrected chi connectivity index (χ4v) is 3.99. The molecule has 3 N–H and O–H groups in total. The van der Waals surface area contributed by atoms with Crippen molar-refractivity contribution in [3.63, 3.8) is 0 Å². The molecule has 6 nitrogen and oxygen atoms in total. The first-order chi connectivity index (χ1) is 12.6. The van der Waals surface area contributed by atoms with Gasteiger partial charge in [-0.2, -0.15) is 0 Å². The fraction of sp³-hybridized carbons (Fsp3) is 0. The molecule has 1 amide bonds. The highest BCUT2D eigenvalue weighted by molar-refractivity contribution is 14.1. The summed E-state index contributed by atoms with van der Waals surface area (Å²) < 4.78 is 0.799. The van der Waals surface area contributed by atoms with Crippen molar-refractivity contribution < 1.29 is 4.79 Å². The Labute approximate surface area is 166 Å². The van der Waals surface area contributed by atoms with Crippen LogP contribution in [0.2, 0.25) is 0 Å². The van der Waals surface area contributed by atoms with Gasteiger partial charge in [-0.15, -0.1) is 11.3 Å². The number of thiophene rings is 1. The van der Waals surface area contributed by atoms with Crippen LogP contribution in [0.5, 0.6) is 0 Å². The monoisotopic (exact) mass is 473 g/mol. The number of aromatic nitrogens is 3. The molecule has 4 rings (SSSR count). The Morgan fingerprint density at radius 3 is 2.85 bits per heavy atom. The van der Waals surface area contributed by atoms with Gasteiger partial charge in [0.05, 0.1) is 11.4 Å². The largest absolute Gasteiger partial charge is 0.397 e. The molecule has 0 aliphatic heterocycles. The zero-order chi connectivity index (χ0) is 18.1. The topological polar surface area (TPSA) is 93.8 Å². The number of nitrogens with zero attached hydrogens (tertiary/aromatic N) is 3. The van der Waals surface area contributed by atoms with E-state index in [2.05, 4.69) is 42.9 Å². The van der Waals surface area contributed by atoms with Crippen molar-refractivity contribution in [3.8, 4) is 11.3 Å². The van der Waals surface area contributed by atoms with E-state index in [0.29, 0.717) is 16.3 Å². The first-order valence-corrected chi connectivity index (χ1v) is 9.53. The van der Waals surface area contributed by atoms with Crippen LogP contribution in [0.1, 0.15) is 9.67 Å². The second kappa shape index (κ2) is 6.96. The van der Waals surface area contributed by atoms with Gasteiger partial charge in [0, 0.05) is 35.2 Å². The van der Waals surface area contributed by atoms with Crippen LogP contribution < -0.4 is 11.1 Å². The molecular formula is C18H12IN5OS. The summed E-state index contributed by atoms with van der Waals surface area (Å²) in [7, 11) is 0. The normalized spacial score (nSPS) is 10.8. The molecule has 0 aliphatic rings. The van der Waals surface area contributed by atoms with Gasteiger partial charge in [0.15, 0.2) is 0 Å². The molecule has 26 heavy (non-hydrogen) atoms. The summed E-state index contributed by atoms with van der Waals surface area (Å²) in [5.74, 6) is -0.254. The minimum Gasteiger partial charge on any atom is -0.397 e. The van der Waals surface area contributed by atoms with Crippen molar-refractivity contribution in [3.05, 3.63) is 63.6 Å². The van der Waals surface area contributed by atoms with Crippen LogP contribution in [0, 0.1) is 3.70 Å². The number of carbonyl (C=O) groups excluding carboxylic acids is 1. The van der Waals surface area contributed by atoms with Gasteiger partial charge in [-0.1, -0.05) is 0 Å². The van der Waals surface area contributed by atoms with Crippen molar-refractivity contribution in [1.29, 1.82) is 0 Å². The Morgan fingerprint density at radius 1 is 1.19 bits per heavy atom. The molecule has 0 aliphatic carbocycles. The van der Waals surface area contributed by atoms with Gasteiger partial charge < -0.3 is 11.1 Å². The minimum absolute atomic E-state index is 0.254. The Hall–Kier alpha value is -2.59. The summed E-state index contributed by atoms with van der Waals surface area (Å²) in [5, 5.41) is 3.63. The minimum atomic E-state index is -0.254. The number of fused-ring (bicyclic) bond motifs is 1. The average Bonchev–Trinajstić information content (AvgIpc) is 2.99. The number of anilines is 2. The summed E-state index contributed by atoms with van der Waals surface area (Å²) in [6.07, 6.45) is 5.12. The highest BCUT2D eigenvalue weighted by Gasteiger charge is 2.18. The van der Waals surface area contributed by atoms with Gasteiger partial charge in [0.2, 0.25) is 0 Å². The Bertz CT molecular complexity index is 1110. The number of rotatable bonds is 3. The van der Waals surface area contributed by atoms with Crippen LogP contribution in [0.15, 0.2) is 55.0 Å². The molecule has 4 aromatic rings. The van der Waals surface area contributed by atoms with Crippen molar-refractivity contribution in [2.75, 3.05) is 11.1 Å². The van der Waals surface area contributed by atoms with Gasteiger partial charge in [-0.25, -0.2) is 4.98 Å². The van der Waals surface area contributed by atoms with Crippen molar-refractivity contribution in [1.82, 2.24) is 15.0 Å². The maximum absolute atomic E-state index is 12.6. The van der Waals surface area contributed by atoms with Crippen LogP contribution in [-0.2, 0) is 0 Å². The average molecular weight is 473 g/mol. The number of amides is 1. The van der Waals surface area contributed by atoms with Gasteiger partial charge >= 0.3 is 0 Å². The molecule has 0 bridgehead atoms. The standard InChI is InChI=1S/C18H12IN5OS/c19-14-8-11(5-7-22-14)23-17(25)16-15(20)12-3-4-13(24-18(12)26-16)10-2-1-6-21-9-10/h1-9H,20H2,(H,22,23,25). The molecule has 0 radical (unpaired) electrons. The molecule has 0 spiro atoms. The predicted molar refractivity (Wildman–Crippen MR) is 112 cm³/mol. The van der Waals surface area contributed by atoms with E-state index in [1.54, 1.807) is 30.7 Å². The van der Waals surface area contributed by atoms with E-state index in [9.17, 15) is 4.79 Å². The van der Waals surface area contributed by atoms with E-state index < -0.39 is 0 Å². The SMILES string of the molecule is Nc1c(C(=O)Nc2ccnc(I)c2)sc2nc(-c3cccnc3)ccc12. The molecule has 0 aromatic carbocycles. The quantitative estimate of drug-likeness (QED) is 0.344. The van der Waals surface area contributed by atoms with E-state index >= 15 is 0 Å². The fourth-order valence-electron chi connectivity index (χ4n) is 2.51. The van der Waals surface area contributed by atoms with Crippen molar-refractivity contribution in [2.45, 2.75) is 0 Å². The number of halogens is 1. The van der Waals surface area contributed by atoms with Crippen molar-refractivity contribution >= 4 is 61.4 Å². The lowest BCUT2D eigenvalue weighted by Crippen LogP contribution is -2.12. The van der Waals surface area contributed by atoms with Gasteiger partial charge in [-0.05, 0) is 59.0 Å². The van der Waals surface area contributed by atoms with Crippen LogP contribution >= 0.6 is 33.9 Å². The lowest BCUT2D eigenvalue weighted by Gasteiger charge is -2.04. The number of nitrogen functional groups attached to an aromatic ring is 1. The number of carbonyl (C=O) groups is 1. The van der Waals surface area contributed by atoms with Crippen LogP contribution in [-0.4, -0.2) is 20.9 Å². The van der Waals surface area contributed by atoms with E-state index in [-0.39, 0.29) is 5.91 Å². The summed E-state index contributed by atoms with van der Waals surface area (Å²) in [6, 6.07) is 11.1. The maximum Gasteiger partial charge on any atom is 0.267 e. The zero-order valence-corrected chi connectivity index (χ0v) is 16.3. The highest BCUT2D eigenvalue weighted by atomic mass is 127. The molecule has 0 unspecified atom stereocenters. The molecule has 0 atom stereocenters. The van der Waals surface area contributed by atoms with Gasteiger partial charge in [-0.3, -0.25) is 14.8 Å². The molecule has 4 aromatic heterocycles. The second-order valence-electron chi connectivity index (χ2n) is 5.46. The molecule has 4 heterocycles. The number of pyridine rings is 3. The van der Waals surface area contributed by atoms with Crippen molar-refractivity contribution in [2.24, 2.45) is 0 Å². The van der Waals surface area contributed by atoms with E-state index in [0.717, 1.165) is 25.2 Å². The predicted octanol–water partition coefficient (Wildman–Crippen LogP) is 4.19. The summed E-state index contributed by atoms with van der Waals surface area (Å²) >= 11 is 3.37. The lowest BCUT2D eigenvalue weighted by molar-refractivity contribution is 0.103. The second-order valence-corrected chi connectivity index (χ2v) is 7.56.